The van der Waals surface area contributed by atoms with Gasteiger partial charge in [-0.1, -0.05) is 50.6 Å². The number of rotatable bonds is 8. The zero-order valence-electron chi connectivity index (χ0n) is 32.3. The summed E-state index contributed by atoms with van der Waals surface area (Å²) in [6.07, 6.45) is 2.58. The molecule has 1 saturated carbocycles. The third kappa shape index (κ3) is 11.0. The Morgan fingerprint density at radius 1 is 0.818 bits per heavy atom. The van der Waals surface area contributed by atoms with Crippen LogP contribution in [0.4, 0.5) is 0 Å². The topological polar surface area (TPSA) is 218 Å². The van der Waals surface area contributed by atoms with Crippen molar-refractivity contribution >= 4 is 41.4 Å². The van der Waals surface area contributed by atoms with Gasteiger partial charge >= 0.3 is 0 Å². The van der Waals surface area contributed by atoms with Gasteiger partial charge in [-0.3, -0.25) is 38.5 Å². The van der Waals surface area contributed by atoms with E-state index in [1.54, 1.807) is 24.3 Å². The fourth-order valence-corrected chi connectivity index (χ4v) is 8.13. The normalized spacial score (nSPS) is 30.8. The van der Waals surface area contributed by atoms with E-state index in [1.165, 1.54) is 18.7 Å². The number of nitrogens with zero attached hydrogens (tertiary/aromatic N) is 2. The molecular formula is C39H58N8O8. The third-order valence-electron chi connectivity index (χ3n) is 11.1. The molecule has 4 fully saturated rings. The van der Waals surface area contributed by atoms with Crippen molar-refractivity contribution in [1.82, 2.24) is 41.7 Å². The number of fused-ring (bicyclic) bond motifs is 2. The highest BCUT2D eigenvalue weighted by Crippen LogP contribution is 2.27. The van der Waals surface area contributed by atoms with E-state index in [0.29, 0.717) is 24.8 Å². The summed E-state index contributed by atoms with van der Waals surface area (Å²) in [5.74, 6) is -4.57. The van der Waals surface area contributed by atoms with Gasteiger partial charge in [-0.05, 0) is 76.9 Å². The predicted molar refractivity (Wildman–Crippen MR) is 202 cm³/mol. The van der Waals surface area contributed by atoms with Crippen LogP contribution in [0.15, 0.2) is 30.3 Å². The van der Waals surface area contributed by atoms with Gasteiger partial charge in [0.05, 0.1) is 18.6 Å². The Hall–Kier alpha value is -4.57. The summed E-state index contributed by atoms with van der Waals surface area (Å²) < 4.78 is 0. The van der Waals surface area contributed by atoms with Crippen molar-refractivity contribution in [1.29, 1.82) is 0 Å². The number of carbonyl (C=O) groups is 7. The Balaban J connectivity index is 1.48. The van der Waals surface area contributed by atoms with Crippen LogP contribution in [0.3, 0.4) is 0 Å². The summed E-state index contributed by atoms with van der Waals surface area (Å²) in [4.78, 5) is 100. The molecule has 1 aliphatic carbocycles. The van der Waals surface area contributed by atoms with Crippen LogP contribution in [0.2, 0.25) is 0 Å². The number of hydrogen-bond acceptors (Lipinski definition) is 9. The maximum Gasteiger partial charge on any atom is 0.246 e. The molecule has 9 atom stereocenters. The molecule has 3 heterocycles. The lowest BCUT2D eigenvalue weighted by molar-refractivity contribution is -0.143. The largest absolute Gasteiger partial charge is 0.391 e. The van der Waals surface area contributed by atoms with Gasteiger partial charge in [0, 0.05) is 25.0 Å². The average Bonchev–Trinajstić information content (AvgIpc) is 3.91. The maximum absolute atomic E-state index is 14.6. The van der Waals surface area contributed by atoms with Crippen molar-refractivity contribution in [2.75, 3.05) is 26.2 Å². The maximum atomic E-state index is 14.6. The molecule has 0 radical (unpaired) electrons. The van der Waals surface area contributed by atoms with E-state index in [0.717, 1.165) is 25.9 Å². The van der Waals surface area contributed by atoms with Gasteiger partial charge in [0.25, 0.3) is 0 Å². The summed E-state index contributed by atoms with van der Waals surface area (Å²) in [6, 6.07) is 1.85. The van der Waals surface area contributed by atoms with Crippen LogP contribution < -0.4 is 31.9 Å². The van der Waals surface area contributed by atoms with Gasteiger partial charge in [-0.25, -0.2) is 0 Å². The van der Waals surface area contributed by atoms with E-state index in [2.05, 4.69) is 31.9 Å². The molecule has 0 bridgehead atoms. The van der Waals surface area contributed by atoms with E-state index in [4.69, 9.17) is 0 Å². The molecule has 7 amide bonds. The van der Waals surface area contributed by atoms with Crippen LogP contribution in [0.5, 0.6) is 0 Å². The van der Waals surface area contributed by atoms with E-state index in [-0.39, 0.29) is 44.2 Å². The molecule has 0 spiro atoms. The number of aliphatic hydroxyl groups excluding tert-OH is 1. The van der Waals surface area contributed by atoms with Crippen molar-refractivity contribution < 1.29 is 38.7 Å². The fraction of sp³-hybridized carbons (Fsp3) is 0.667. The second-order valence-corrected chi connectivity index (χ2v) is 16.0. The minimum absolute atomic E-state index is 0.0102. The van der Waals surface area contributed by atoms with Crippen molar-refractivity contribution in [3.8, 4) is 0 Å². The van der Waals surface area contributed by atoms with E-state index in [9.17, 15) is 38.7 Å². The van der Waals surface area contributed by atoms with E-state index in [1.807, 2.05) is 24.8 Å². The SMILES string of the molecule is CC(C)C[C@@H]1NC(=O)[C@@H]2CCC[C@H]2NC(=O)[C@H](C)NC(=O)C2C[C@@H](NC(=O)CN3CCCC3)CN2C(=O)[C@H](Cc2ccccc2)NC(=O)[C@H]([C@@H](C)O)NC1=O. The fourth-order valence-electron chi connectivity index (χ4n) is 8.13. The van der Waals surface area contributed by atoms with Crippen molar-refractivity contribution in [2.24, 2.45) is 11.8 Å². The third-order valence-corrected chi connectivity index (χ3v) is 11.1. The highest BCUT2D eigenvalue weighted by Gasteiger charge is 2.45. The molecule has 1 unspecified atom stereocenters. The molecule has 302 valence electrons. The van der Waals surface area contributed by atoms with Gasteiger partial charge in [-0.15, -0.1) is 0 Å². The Kier molecular flexibility index (Phi) is 14.3. The molecule has 7 N–H and O–H groups in total. The van der Waals surface area contributed by atoms with Crippen molar-refractivity contribution in [2.45, 2.75) is 127 Å². The zero-order valence-corrected chi connectivity index (χ0v) is 32.3. The lowest BCUT2D eigenvalue weighted by Crippen LogP contribution is -2.61. The standard InChI is InChI=1S/C39H58N8O8/c1-22(2)17-29-36(52)45-33(24(4)48)38(54)44-30(18-25-11-6-5-7-12-25)39(55)47-20-26(41-32(49)21-46-15-8-9-16-46)19-31(47)37(53)40-23(3)34(50)42-28-14-10-13-27(28)35(51)43-29/h5-7,11-12,22-24,26-31,33,48H,8-10,13-21H2,1-4H3,(H,40,53)(H,41,49)(H,42,50)(H,43,51)(H,44,54)(H,45,52)/t23-,24+,26+,27+,28+,29-,30-,31?,33-/m0/s1. The molecule has 16 heteroatoms. The van der Waals surface area contributed by atoms with Crippen LogP contribution in [0.1, 0.15) is 78.2 Å². The molecule has 0 aromatic heterocycles. The first-order valence-corrected chi connectivity index (χ1v) is 19.8. The molecule has 55 heavy (non-hydrogen) atoms. The lowest BCUT2D eigenvalue weighted by Gasteiger charge is -2.31. The summed E-state index contributed by atoms with van der Waals surface area (Å²) in [7, 11) is 0. The number of nitrogens with one attached hydrogen (secondary N) is 6. The molecule has 5 rings (SSSR count). The lowest BCUT2D eigenvalue weighted by atomic mass is 9.98. The van der Waals surface area contributed by atoms with Crippen molar-refractivity contribution in [3.63, 3.8) is 0 Å². The van der Waals surface area contributed by atoms with Gasteiger partial charge in [-0.2, -0.15) is 0 Å². The highest BCUT2D eigenvalue weighted by molar-refractivity contribution is 5.97. The average molecular weight is 767 g/mol. The second kappa shape index (κ2) is 18.8. The quantitative estimate of drug-likeness (QED) is 0.174. The number of likely N-dealkylation sites (tertiary alicyclic amines) is 1. The predicted octanol–water partition coefficient (Wildman–Crippen LogP) is -0.905. The monoisotopic (exact) mass is 766 g/mol. The second-order valence-electron chi connectivity index (χ2n) is 16.0. The minimum atomic E-state index is -1.50. The number of hydrogen-bond donors (Lipinski definition) is 7. The van der Waals surface area contributed by atoms with Crippen LogP contribution in [-0.2, 0) is 40.0 Å². The number of carbonyl (C=O) groups excluding carboxylic acids is 7. The first-order chi connectivity index (χ1) is 26.2. The summed E-state index contributed by atoms with van der Waals surface area (Å²) in [6.45, 7) is 8.42. The zero-order chi connectivity index (χ0) is 39.8. The van der Waals surface area contributed by atoms with Gasteiger partial charge in [0.2, 0.25) is 41.4 Å². The molecular weight excluding hydrogens is 708 g/mol. The van der Waals surface area contributed by atoms with Gasteiger partial charge < -0.3 is 41.9 Å². The number of aliphatic hydroxyl groups is 1. The highest BCUT2D eigenvalue weighted by atomic mass is 16.3. The molecule has 3 saturated heterocycles. The summed E-state index contributed by atoms with van der Waals surface area (Å²) in [5, 5.41) is 27.6. The smallest absolute Gasteiger partial charge is 0.246 e. The molecule has 16 nitrogen and oxygen atoms in total. The van der Waals surface area contributed by atoms with Crippen LogP contribution >= 0.6 is 0 Å². The number of benzene rings is 1. The minimum Gasteiger partial charge on any atom is -0.391 e. The van der Waals surface area contributed by atoms with E-state index >= 15 is 0 Å². The molecule has 4 aliphatic rings. The molecule has 1 aromatic carbocycles. The Labute approximate surface area is 322 Å². The first-order valence-electron chi connectivity index (χ1n) is 19.8. The number of amides is 7. The van der Waals surface area contributed by atoms with Crippen LogP contribution in [-0.4, -0.2) is 131 Å². The Morgan fingerprint density at radius 3 is 2.18 bits per heavy atom. The van der Waals surface area contributed by atoms with Crippen LogP contribution in [0, 0.1) is 11.8 Å². The van der Waals surface area contributed by atoms with E-state index < -0.39 is 89.8 Å². The molecule has 1 aromatic rings. The van der Waals surface area contributed by atoms with Crippen molar-refractivity contribution in [3.05, 3.63) is 35.9 Å². The van der Waals surface area contributed by atoms with Crippen LogP contribution in [0.25, 0.3) is 0 Å². The van der Waals surface area contributed by atoms with Gasteiger partial charge in [0.15, 0.2) is 0 Å². The first kappa shape index (κ1) is 41.6. The summed E-state index contributed by atoms with van der Waals surface area (Å²) in [5.41, 5.74) is 0.698. The Bertz CT molecular complexity index is 1570. The van der Waals surface area contributed by atoms with Gasteiger partial charge in [0.1, 0.15) is 30.2 Å². The molecule has 3 aliphatic heterocycles. The Morgan fingerprint density at radius 2 is 1.51 bits per heavy atom. The summed E-state index contributed by atoms with van der Waals surface area (Å²) >= 11 is 0.